The van der Waals surface area contributed by atoms with Crippen molar-refractivity contribution in [2.24, 2.45) is 0 Å². The van der Waals surface area contributed by atoms with Crippen molar-refractivity contribution in [2.45, 2.75) is 38.6 Å². The molecule has 3 aliphatic rings. The number of hydrogen-bond donors (Lipinski definition) is 1. The van der Waals surface area contributed by atoms with Crippen molar-refractivity contribution in [3.05, 3.63) is 51.2 Å². The van der Waals surface area contributed by atoms with Crippen LogP contribution in [0.25, 0.3) is 0 Å². The number of rotatable bonds is 6. The highest BCUT2D eigenvalue weighted by Gasteiger charge is 2.41. The highest BCUT2D eigenvalue weighted by atomic mass is 32.1. The summed E-state index contributed by atoms with van der Waals surface area (Å²) in [6, 6.07) is 7.79. The number of nitrogens with one attached hydrogen (secondary N) is 1. The third-order valence-electron chi connectivity index (χ3n) is 6.15. The first-order valence-electron chi connectivity index (χ1n) is 10.8. The van der Waals surface area contributed by atoms with Crippen molar-refractivity contribution in [1.29, 1.82) is 0 Å². The predicted octanol–water partition coefficient (Wildman–Crippen LogP) is 1.92. The minimum absolute atomic E-state index is 0.165. The standard InChI is InChI=1S/C23H25N3O5S/c27-20-6-5-18(22(28)24-20)26-12-17-19(14-32-21(17)23(26)29)31-13-16-3-1-15(2-4-16)11-25-7-9-30-10-8-25/h1-4,14,18H,5-13H2,(H,24,27,28)/t18-/m0/s1. The molecule has 0 radical (unpaired) electrons. The van der Waals surface area contributed by atoms with Gasteiger partial charge < -0.3 is 14.4 Å². The Kier molecular flexibility index (Phi) is 5.95. The maximum absolute atomic E-state index is 12.8. The Morgan fingerprint density at radius 1 is 1.09 bits per heavy atom. The molecule has 2 saturated heterocycles. The monoisotopic (exact) mass is 455 g/mol. The Bertz CT molecular complexity index is 1030. The molecule has 5 rings (SSSR count). The first kappa shape index (κ1) is 21.1. The number of piperidine rings is 1. The lowest BCUT2D eigenvalue weighted by atomic mass is 10.0. The van der Waals surface area contributed by atoms with E-state index in [1.165, 1.54) is 16.9 Å². The van der Waals surface area contributed by atoms with E-state index < -0.39 is 11.9 Å². The molecule has 1 atom stereocenters. The molecular formula is C23H25N3O5S. The van der Waals surface area contributed by atoms with E-state index in [9.17, 15) is 14.4 Å². The van der Waals surface area contributed by atoms with Crippen LogP contribution in [0.5, 0.6) is 5.75 Å². The Labute approximate surface area is 190 Å². The number of thiophene rings is 1. The smallest absolute Gasteiger partial charge is 0.265 e. The molecule has 0 spiro atoms. The largest absolute Gasteiger partial charge is 0.488 e. The summed E-state index contributed by atoms with van der Waals surface area (Å²) >= 11 is 1.34. The Balaban J connectivity index is 1.19. The number of hydrogen-bond acceptors (Lipinski definition) is 7. The second-order valence-corrected chi connectivity index (χ2v) is 9.18. The Morgan fingerprint density at radius 3 is 2.59 bits per heavy atom. The topological polar surface area (TPSA) is 88.2 Å². The molecule has 1 N–H and O–H groups in total. The van der Waals surface area contributed by atoms with E-state index in [4.69, 9.17) is 9.47 Å². The summed E-state index contributed by atoms with van der Waals surface area (Å²) in [7, 11) is 0. The quantitative estimate of drug-likeness (QED) is 0.670. The lowest BCUT2D eigenvalue weighted by molar-refractivity contribution is -0.136. The Morgan fingerprint density at radius 2 is 1.84 bits per heavy atom. The number of carbonyl (C=O) groups is 3. The van der Waals surface area contributed by atoms with E-state index in [2.05, 4.69) is 34.5 Å². The molecule has 2 aromatic rings. The number of carbonyl (C=O) groups excluding carboxylic acids is 3. The summed E-state index contributed by atoms with van der Waals surface area (Å²) in [5, 5.41) is 4.19. The molecular weight excluding hydrogens is 430 g/mol. The van der Waals surface area contributed by atoms with Crippen molar-refractivity contribution in [1.82, 2.24) is 15.1 Å². The number of nitrogens with zero attached hydrogens (tertiary/aromatic N) is 2. The van der Waals surface area contributed by atoms with Gasteiger partial charge in [0.2, 0.25) is 11.8 Å². The van der Waals surface area contributed by atoms with Crippen LogP contribution in [0.3, 0.4) is 0 Å². The SMILES string of the molecule is O=C1CC[C@H](N2Cc3c(OCc4ccc(CN5CCOCC5)cc4)csc3C2=O)C(=O)N1. The fourth-order valence-electron chi connectivity index (χ4n) is 4.34. The van der Waals surface area contributed by atoms with Crippen LogP contribution in [0.2, 0.25) is 0 Å². The van der Waals surface area contributed by atoms with Gasteiger partial charge in [0.05, 0.1) is 19.8 Å². The zero-order chi connectivity index (χ0) is 22.1. The number of amides is 3. The fraction of sp³-hybridized carbons (Fsp3) is 0.435. The molecule has 1 aromatic heterocycles. The molecule has 4 heterocycles. The summed E-state index contributed by atoms with van der Waals surface area (Å²) < 4.78 is 11.4. The van der Waals surface area contributed by atoms with Crippen LogP contribution < -0.4 is 10.1 Å². The van der Waals surface area contributed by atoms with Crippen molar-refractivity contribution in [3.8, 4) is 5.75 Å². The van der Waals surface area contributed by atoms with Gasteiger partial charge in [-0.25, -0.2) is 0 Å². The van der Waals surface area contributed by atoms with Gasteiger partial charge in [-0.3, -0.25) is 24.6 Å². The molecule has 3 aliphatic heterocycles. The molecule has 0 saturated carbocycles. The van der Waals surface area contributed by atoms with Gasteiger partial charge in [-0.2, -0.15) is 0 Å². The average Bonchev–Trinajstić information content (AvgIpc) is 3.34. The summed E-state index contributed by atoms with van der Waals surface area (Å²) in [5.74, 6) is -0.163. The predicted molar refractivity (Wildman–Crippen MR) is 117 cm³/mol. The molecule has 3 amide bonds. The minimum atomic E-state index is -0.605. The summed E-state index contributed by atoms with van der Waals surface area (Å²) in [6.45, 7) is 5.16. The number of morpholine rings is 1. The first-order valence-corrected chi connectivity index (χ1v) is 11.7. The van der Waals surface area contributed by atoms with Crippen molar-refractivity contribution >= 4 is 29.1 Å². The van der Waals surface area contributed by atoms with E-state index in [-0.39, 0.29) is 18.2 Å². The van der Waals surface area contributed by atoms with E-state index in [1.54, 1.807) is 4.90 Å². The van der Waals surface area contributed by atoms with Gasteiger partial charge in [0, 0.05) is 37.0 Å². The zero-order valence-corrected chi connectivity index (χ0v) is 18.5. The number of ether oxygens (including phenoxy) is 2. The number of fused-ring (bicyclic) bond motifs is 1. The van der Waals surface area contributed by atoms with E-state index >= 15 is 0 Å². The van der Waals surface area contributed by atoms with Gasteiger partial charge in [0.15, 0.2) is 0 Å². The highest BCUT2D eigenvalue weighted by Crippen LogP contribution is 2.38. The third-order valence-corrected chi connectivity index (χ3v) is 7.14. The molecule has 0 unspecified atom stereocenters. The van der Waals surface area contributed by atoms with Crippen molar-refractivity contribution in [3.63, 3.8) is 0 Å². The van der Waals surface area contributed by atoms with Crippen LogP contribution in [0.15, 0.2) is 29.6 Å². The zero-order valence-electron chi connectivity index (χ0n) is 17.7. The molecule has 0 aliphatic carbocycles. The number of imide groups is 1. The average molecular weight is 456 g/mol. The molecule has 0 bridgehead atoms. The normalized spacial score (nSPS) is 21.6. The molecule has 168 valence electrons. The van der Waals surface area contributed by atoms with E-state index in [0.717, 1.165) is 44.0 Å². The van der Waals surface area contributed by atoms with E-state index in [1.807, 2.05) is 5.38 Å². The minimum Gasteiger partial charge on any atom is -0.488 e. The molecule has 2 fully saturated rings. The fourth-order valence-corrected chi connectivity index (χ4v) is 5.30. The molecule has 9 heteroatoms. The second kappa shape index (κ2) is 9.01. The van der Waals surface area contributed by atoms with Gasteiger partial charge >= 0.3 is 0 Å². The molecule has 8 nitrogen and oxygen atoms in total. The van der Waals surface area contributed by atoms with Crippen LogP contribution in [-0.2, 0) is 34.0 Å². The van der Waals surface area contributed by atoms with E-state index in [0.29, 0.717) is 30.2 Å². The second-order valence-electron chi connectivity index (χ2n) is 8.30. The van der Waals surface area contributed by atoms with Crippen molar-refractivity contribution < 1.29 is 23.9 Å². The maximum atomic E-state index is 12.8. The summed E-state index contributed by atoms with van der Waals surface area (Å²) in [4.78, 5) is 41.0. The van der Waals surface area contributed by atoms with Gasteiger partial charge in [-0.1, -0.05) is 24.3 Å². The Hall–Kier alpha value is -2.75. The van der Waals surface area contributed by atoms with Gasteiger partial charge in [-0.05, 0) is 17.5 Å². The van der Waals surface area contributed by atoms with Gasteiger partial charge in [0.1, 0.15) is 23.3 Å². The van der Waals surface area contributed by atoms with Crippen LogP contribution in [0.1, 0.15) is 39.2 Å². The van der Waals surface area contributed by atoms with Crippen molar-refractivity contribution in [2.75, 3.05) is 26.3 Å². The van der Waals surface area contributed by atoms with Crippen LogP contribution in [0, 0.1) is 0 Å². The van der Waals surface area contributed by atoms with Crippen LogP contribution in [-0.4, -0.2) is 59.9 Å². The summed E-state index contributed by atoms with van der Waals surface area (Å²) in [6.07, 6.45) is 0.608. The highest BCUT2D eigenvalue weighted by molar-refractivity contribution is 7.12. The van der Waals surface area contributed by atoms with Crippen LogP contribution >= 0.6 is 11.3 Å². The lowest BCUT2D eigenvalue weighted by Crippen LogP contribution is -2.52. The van der Waals surface area contributed by atoms with Crippen LogP contribution in [0.4, 0.5) is 0 Å². The van der Waals surface area contributed by atoms with Gasteiger partial charge in [-0.15, -0.1) is 11.3 Å². The lowest BCUT2D eigenvalue weighted by Gasteiger charge is -2.29. The first-order chi connectivity index (χ1) is 15.6. The maximum Gasteiger partial charge on any atom is 0.265 e. The molecule has 32 heavy (non-hydrogen) atoms. The van der Waals surface area contributed by atoms with Gasteiger partial charge in [0.25, 0.3) is 5.91 Å². The number of benzene rings is 1. The summed E-state index contributed by atoms with van der Waals surface area (Å²) in [5.41, 5.74) is 3.15. The molecule has 1 aromatic carbocycles. The third kappa shape index (κ3) is 4.28.